The minimum absolute atomic E-state index is 0.446. The highest BCUT2D eigenvalue weighted by atomic mass is 35.5. The Morgan fingerprint density at radius 3 is 2.92 bits per heavy atom. The molecule has 2 N–H and O–H groups in total. The molecule has 12 heavy (non-hydrogen) atoms. The van der Waals surface area contributed by atoms with Crippen molar-refractivity contribution in [3.8, 4) is 0 Å². The normalized spacial score (nSPS) is 24.2. The first-order chi connectivity index (χ1) is 5.88. The lowest BCUT2D eigenvalue weighted by atomic mass is 10.0. The molecule has 1 aliphatic heterocycles. The second kappa shape index (κ2) is 3.50. The van der Waals surface area contributed by atoms with Crippen molar-refractivity contribution in [2.24, 2.45) is 0 Å². The highest BCUT2D eigenvalue weighted by Crippen LogP contribution is 2.27. The standard InChI is InChI=1S/C9H13ClN2/c10-7-4-6-12-9(7)8-3-1-2-5-11-8/h4,6,8,11-12H,1-3,5H2/t8-/m1/s1. The van der Waals surface area contributed by atoms with Crippen molar-refractivity contribution in [1.29, 1.82) is 0 Å². The predicted molar refractivity (Wildman–Crippen MR) is 50.4 cm³/mol. The van der Waals surface area contributed by atoms with E-state index in [4.69, 9.17) is 11.6 Å². The molecule has 1 aromatic heterocycles. The SMILES string of the molecule is Clc1cc[nH]c1[C@H]1CCCCN1. The Bertz CT molecular complexity index is 251. The largest absolute Gasteiger partial charge is 0.362 e. The van der Waals surface area contributed by atoms with E-state index in [1.165, 1.54) is 19.3 Å². The lowest BCUT2D eigenvalue weighted by Crippen LogP contribution is -2.27. The Morgan fingerprint density at radius 2 is 2.33 bits per heavy atom. The molecule has 3 heteroatoms. The van der Waals surface area contributed by atoms with Crippen LogP contribution in [0.5, 0.6) is 0 Å². The molecule has 0 radical (unpaired) electrons. The van der Waals surface area contributed by atoms with Crippen molar-refractivity contribution < 1.29 is 0 Å². The maximum Gasteiger partial charge on any atom is 0.0629 e. The van der Waals surface area contributed by atoms with Crippen LogP contribution in [-0.4, -0.2) is 11.5 Å². The first kappa shape index (κ1) is 8.14. The van der Waals surface area contributed by atoms with E-state index >= 15 is 0 Å². The van der Waals surface area contributed by atoms with E-state index in [-0.39, 0.29) is 0 Å². The van der Waals surface area contributed by atoms with Gasteiger partial charge >= 0.3 is 0 Å². The Morgan fingerprint density at radius 1 is 1.42 bits per heavy atom. The van der Waals surface area contributed by atoms with Crippen LogP contribution in [0.25, 0.3) is 0 Å². The summed E-state index contributed by atoms with van der Waals surface area (Å²) in [5.41, 5.74) is 1.15. The van der Waals surface area contributed by atoms with Crippen LogP contribution in [0.4, 0.5) is 0 Å². The Labute approximate surface area is 77.3 Å². The summed E-state index contributed by atoms with van der Waals surface area (Å²) >= 11 is 6.00. The van der Waals surface area contributed by atoms with E-state index < -0.39 is 0 Å². The molecule has 0 spiro atoms. The van der Waals surface area contributed by atoms with E-state index in [2.05, 4.69) is 10.3 Å². The van der Waals surface area contributed by atoms with Gasteiger partial charge in [0.15, 0.2) is 0 Å². The highest BCUT2D eigenvalue weighted by Gasteiger charge is 2.17. The number of rotatable bonds is 1. The van der Waals surface area contributed by atoms with Crippen LogP contribution in [0.2, 0.25) is 5.02 Å². The smallest absolute Gasteiger partial charge is 0.0629 e. The van der Waals surface area contributed by atoms with Gasteiger partial charge in [-0.2, -0.15) is 0 Å². The molecular formula is C9H13ClN2. The zero-order chi connectivity index (χ0) is 8.39. The highest BCUT2D eigenvalue weighted by molar-refractivity contribution is 6.31. The monoisotopic (exact) mass is 184 g/mol. The molecule has 2 heterocycles. The molecular weight excluding hydrogens is 172 g/mol. The number of aromatic nitrogens is 1. The number of nitrogens with one attached hydrogen (secondary N) is 2. The predicted octanol–water partition coefficient (Wildman–Crippen LogP) is 2.48. The summed E-state index contributed by atoms with van der Waals surface area (Å²) in [6, 6.07) is 2.36. The van der Waals surface area contributed by atoms with Crippen LogP contribution < -0.4 is 5.32 Å². The van der Waals surface area contributed by atoms with Gasteiger partial charge in [0.1, 0.15) is 0 Å². The minimum Gasteiger partial charge on any atom is -0.362 e. The van der Waals surface area contributed by atoms with Gasteiger partial charge in [0.2, 0.25) is 0 Å². The summed E-state index contributed by atoms with van der Waals surface area (Å²) in [5, 5.41) is 4.30. The van der Waals surface area contributed by atoms with Crippen molar-refractivity contribution in [1.82, 2.24) is 10.3 Å². The zero-order valence-corrected chi connectivity index (χ0v) is 7.69. The molecule has 0 bridgehead atoms. The molecule has 0 amide bonds. The van der Waals surface area contributed by atoms with Crippen molar-refractivity contribution in [3.63, 3.8) is 0 Å². The van der Waals surface area contributed by atoms with E-state index in [0.29, 0.717) is 6.04 Å². The lowest BCUT2D eigenvalue weighted by molar-refractivity contribution is 0.406. The molecule has 0 unspecified atom stereocenters. The summed E-state index contributed by atoms with van der Waals surface area (Å²) in [6.45, 7) is 1.11. The van der Waals surface area contributed by atoms with Gasteiger partial charge in [-0.25, -0.2) is 0 Å². The maximum absolute atomic E-state index is 6.00. The number of hydrogen-bond acceptors (Lipinski definition) is 1. The molecule has 66 valence electrons. The van der Waals surface area contributed by atoms with Crippen LogP contribution in [0, 0.1) is 0 Å². The Kier molecular flexibility index (Phi) is 2.38. The minimum atomic E-state index is 0.446. The molecule has 2 nitrogen and oxygen atoms in total. The number of halogens is 1. The van der Waals surface area contributed by atoms with Crippen LogP contribution in [0.15, 0.2) is 12.3 Å². The van der Waals surface area contributed by atoms with Crippen LogP contribution in [0.1, 0.15) is 31.0 Å². The summed E-state index contributed by atoms with van der Waals surface area (Å²) in [6.07, 6.45) is 5.68. The zero-order valence-electron chi connectivity index (χ0n) is 6.94. The quantitative estimate of drug-likeness (QED) is 0.690. The molecule has 0 saturated carbocycles. The number of hydrogen-bond donors (Lipinski definition) is 2. The summed E-state index contributed by atoms with van der Waals surface area (Å²) < 4.78 is 0. The fourth-order valence-electron chi connectivity index (χ4n) is 1.73. The molecule has 1 aliphatic rings. The van der Waals surface area contributed by atoms with Gasteiger partial charge in [-0.1, -0.05) is 18.0 Å². The van der Waals surface area contributed by atoms with Gasteiger partial charge in [0.25, 0.3) is 0 Å². The summed E-state index contributed by atoms with van der Waals surface area (Å²) in [7, 11) is 0. The van der Waals surface area contributed by atoms with Crippen molar-refractivity contribution in [2.45, 2.75) is 25.3 Å². The fourth-order valence-corrected chi connectivity index (χ4v) is 1.98. The van der Waals surface area contributed by atoms with Crippen LogP contribution in [-0.2, 0) is 0 Å². The fraction of sp³-hybridized carbons (Fsp3) is 0.556. The number of aromatic amines is 1. The maximum atomic E-state index is 6.00. The Balaban J connectivity index is 2.13. The first-order valence-electron chi connectivity index (χ1n) is 4.44. The van der Waals surface area contributed by atoms with E-state index in [1.807, 2.05) is 12.3 Å². The second-order valence-corrected chi connectivity index (χ2v) is 3.65. The van der Waals surface area contributed by atoms with Crippen molar-refractivity contribution >= 4 is 11.6 Å². The topological polar surface area (TPSA) is 27.8 Å². The molecule has 2 rings (SSSR count). The van der Waals surface area contributed by atoms with Gasteiger partial charge in [-0.05, 0) is 25.5 Å². The average Bonchev–Trinajstić information content (AvgIpc) is 2.53. The van der Waals surface area contributed by atoms with Crippen molar-refractivity contribution in [3.05, 3.63) is 23.0 Å². The molecule has 1 saturated heterocycles. The third-order valence-electron chi connectivity index (χ3n) is 2.38. The van der Waals surface area contributed by atoms with E-state index in [0.717, 1.165) is 17.3 Å². The second-order valence-electron chi connectivity index (χ2n) is 3.24. The average molecular weight is 185 g/mol. The molecule has 1 aromatic rings. The third-order valence-corrected chi connectivity index (χ3v) is 2.71. The van der Waals surface area contributed by atoms with E-state index in [9.17, 15) is 0 Å². The van der Waals surface area contributed by atoms with E-state index in [1.54, 1.807) is 0 Å². The van der Waals surface area contributed by atoms with Gasteiger partial charge in [-0.3, -0.25) is 0 Å². The number of piperidine rings is 1. The van der Waals surface area contributed by atoms with Gasteiger partial charge < -0.3 is 10.3 Å². The van der Waals surface area contributed by atoms with Gasteiger partial charge in [0, 0.05) is 12.2 Å². The summed E-state index contributed by atoms with van der Waals surface area (Å²) in [5.74, 6) is 0. The summed E-state index contributed by atoms with van der Waals surface area (Å²) in [4.78, 5) is 3.18. The molecule has 1 fully saturated rings. The third kappa shape index (κ3) is 1.50. The molecule has 0 aliphatic carbocycles. The van der Waals surface area contributed by atoms with Gasteiger partial charge in [-0.15, -0.1) is 0 Å². The van der Waals surface area contributed by atoms with Gasteiger partial charge in [0.05, 0.1) is 10.7 Å². The lowest BCUT2D eigenvalue weighted by Gasteiger charge is -2.22. The van der Waals surface area contributed by atoms with Crippen molar-refractivity contribution in [2.75, 3.05) is 6.54 Å². The number of H-pyrrole nitrogens is 1. The first-order valence-corrected chi connectivity index (χ1v) is 4.82. The van der Waals surface area contributed by atoms with Crippen LogP contribution in [0.3, 0.4) is 0 Å². The van der Waals surface area contributed by atoms with Crippen LogP contribution >= 0.6 is 11.6 Å². The molecule has 1 atom stereocenters. The Hall–Kier alpha value is -0.470. The molecule has 0 aromatic carbocycles.